The minimum atomic E-state index is -4.68. The Morgan fingerprint density at radius 2 is 2.00 bits per heavy atom. The minimum Gasteiger partial charge on any atom is -0.380 e. The van der Waals surface area contributed by atoms with Crippen LogP contribution < -0.4 is 5.32 Å². The molecular weight excluding hydrogens is 335 g/mol. The summed E-state index contributed by atoms with van der Waals surface area (Å²) in [5.41, 5.74) is -0.905. The second kappa shape index (κ2) is 5.39. The maximum absolute atomic E-state index is 12.7. The molecular formula is C17H16F3N3O2. The molecule has 2 aromatic heterocycles. The maximum atomic E-state index is 12.7. The smallest absolute Gasteiger partial charge is 0.380 e. The van der Waals surface area contributed by atoms with Crippen LogP contribution in [0.25, 0.3) is 11.0 Å². The molecule has 0 saturated heterocycles. The van der Waals surface area contributed by atoms with Gasteiger partial charge in [-0.05, 0) is 36.5 Å². The fraction of sp³-hybridized carbons (Fsp3) is 0.471. The average Bonchev–Trinajstić information content (AvgIpc) is 3.35. The number of nitrogens with one attached hydrogen (secondary N) is 1. The standard InChI is InChI=1S/C17H16F3N3O2/c18-17(19,20)16(25)6-10(7-16)23-15(24)12-8-22-14-11(2-1-5-21-14)13(12)9-3-4-9/h1-2,5,8-10,25H,3-4,6-7H2,(H,23,24). The van der Waals surface area contributed by atoms with Gasteiger partial charge in [0.25, 0.3) is 5.91 Å². The fourth-order valence-corrected chi connectivity index (χ4v) is 3.40. The third kappa shape index (κ3) is 2.74. The number of aliphatic hydroxyl groups is 1. The fourth-order valence-electron chi connectivity index (χ4n) is 3.40. The molecule has 0 atom stereocenters. The highest BCUT2D eigenvalue weighted by molar-refractivity contribution is 6.00. The van der Waals surface area contributed by atoms with Crippen LogP contribution in [-0.4, -0.2) is 38.8 Å². The lowest BCUT2D eigenvalue weighted by molar-refractivity contribution is -0.291. The number of nitrogens with zero attached hydrogens (tertiary/aromatic N) is 2. The van der Waals surface area contributed by atoms with Crippen LogP contribution in [0, 0.1) is 0 Å². The number of aromatic nitrogens is 2. The summed E-state index contributed by atoms with van der Waals surface area (Å²) in [6, 6.07) is 2.93. The summed E-state index contributed by atoms with van der Waals surface area (Å²) in [7, 11) is 0. The van der Waals surface area contributed by atoms with E-state index in [1.807, 2.05) is 6.07 Å². The van der Waals surface area contributed by atoms with Crippen LogP contribution in [0.4, 0.5) is 13.2 Å². The Morgan fingerprint density at radius 3 is 2.64 bits per heavy atom. The van der Waals surface area contributed by atoms with Crippen LogP contribution in [0.5, 0.6) is 0 Å². The van der Waals surface area contributed by atoms with Gasteiger partial charge in [-0.25, -0.2) is 9.97 Å². The van der Waals surface area contributed by atoms with E-state index >= 15 is 0 Å². The Balaban J connectivity index is 1.57. The maximum Gasteiger partial charge on any atom is 0.417 e. The lowest BCUT2D eigenvalue weighted by Crippen LogP contribution is -2.62. The molecule has 1 amide bonds. The molecule has 4 rings (SSSR count). The van der Waals surface area contributed by atoms with Gasteiger partial charge in [-0.15, -0.1) is 0 Å². The van der Waals surface area contributed by atoms with Crippen LogP contribution in [0.1, 0.15) is 47.5 Å². The first kappa shape index (κ1) is 16.3. The lowest BCUT2D eigenvalue weighted by Gasteiger charge is -2.44. The number of hydrogen-bond acceptors (Lipinski definition) is 4. The zero-order valence-corrected chi connectivity index (χ0v) is 13.2. The van der Waals surface area contributed by atoms with Gasteiger partial charge in [-0.3, -0.25) is 4.79 Å². The monoisotopic (exact) mass is 351 g/mol. The summed E-state index contributed by atoms with van der Waals surface area (Å²) in [5, 5.41) is 12.9. The molecule has 2 saturated carbocycles. The molecule has 0 spiro atoms. The van der Waals surface area contributed by atoms with Crippen molar-refractivity contribution in [3.05, 3.63) is 35.7 Å². The predicted molar refractivity (Wildman–Crippen MR) is 83.0 cm³/mol. The van der Waals surface area contributed by atoms with Crippen LogP contribution >= 0.6 is 0 Å². The first-order valence-corrected chi connectivity index (χ1v) is 8.12. The van der Waals surface area contributed by atoms with E-state index in [1.54, 1.807) is 12.3 Å². The molecule has 25 heavy (non-hydrogen) atoms. The normalized spacial score (nSPS) is 26.3. The molecule has 0 aromatic carbocycles. The lowest BCUT2D eigenvalue weighted by atomic mass is 9.75. The summed E-state index contributed by atoms with van der Waals surface area (Å²) in [5.74, 6) is -0.196. The van der Waals surface area contributed by atoms with Crippen molar-refractivity contribution in [2.24, 2.45) is 0 Å². The van der Waals surface area contributed by atoms with Crippen LogP contribution in [0.2, 0.25) is 0 Å². The van der Waals surface area contributed by atoms with Crippen molar-refractivity contribution >= 4 is 16.9 Å². The minimum absolute atomic E-state index is 0.254. The zero-order valence-electron chi connectivity index (χ0n) is 13.2. The van der Waals surface area contributed by atoms with Crippen LogP contribution in [-0.2, 0) is 0 Å². The topological polar surface area (TPSA) is 75.1 Å². The summed E-state index contributed by atoms with van der Waals surface area (Å²) >= 11 is 0. The molecule has 2 aliphatic rings. The van der Waals surface area contributed by atoms with Gasteiger partial charge in [0.15, 0.2) is 11.2 Å². The average molecular weight is 351 g/mol. The van der Waals surface area contributed by atoms with Crippen molar-refractivity contribution in [2.75, 3.05) is 0 Å². The van der Waals surface area contributed by atoms with Gasteiger partial charge in [0, 0.05) is 36.7 Å². The Hall–Kier alpha value is -2.22. The molecule has 2 heterocycles. The van der Waals surface area contributed by atoms with Gasteiger partial charge >= 0.3 is 6.18 Å². The number of rotatable bonds is 3. The highest BCUT2D eigenvalue weighted by Gasteiger charge is 2.61. The molecule has 2 N–H and O–H groups in total. The van der Waals surface area contributed by atoms with E-state index in [-0.39, 0.29) is 5.92 Å². The van der Waals surface area contributed by atoms with Crippen molar-refractivity contribution in [3.8, 4) is 0 Å². The van der Waals surface area contributed by atoms with Crippen molar-refractivity contribution in [2.45, 2.75) is 49.4 Å². The number of alkyl halides is 3. The quantitative estimate of drug-likeness (QED) is 0.892. The van der Waals surface area contributed by atoms with Crippen molar-refractivity contribution < 1.29 is 23.1 Å². The first-order valence-electron chi connectivity index (χ1n) is 8.12. The molecule has 132 valence electrons. The largest absolute Gasteiger partial charge is 0.417 e. The first-order chi connectivity index (χ1) is 11.8. The van der Waals surface area contributed by atoms with E-state index in [4.69, 9.17) is 0 Å². The Morgan fingerprint density at radius 1 is 1.28 bits per heavy atom. The van der Waals surface area contributed by atoms with Crippen molar-refractivity contribution in [3.63, 3.8) is 0 Å². The predicted octanol–water partition coefficient (Wildman–Crippen LogP) is 2.69. The van der Waals surface area contributed by atoms with E-state index in [0.717, 1.165) is 23.8 Å². The highest BCUT2D eigenvalue weighted by Crippen LogP contribution is 2.46. The molecule has 2 fully saturated rings. The zero-order chi connectivity index (χ0) is 17.8. The molecule has 0 bridgehead atoms. The Bertz CT molecular complexity index is 843. The van der Waals surface area contributed by atoms with E-state index in [2.05, 4.69) is 15.3 Å². The van der Waals surface area contributed by atoms with Crippen LogP contribution in [0.3, 0.4) is 0 Å². The van der Waals surface area contributed by atoms with Gasteiger partial charge < -0.3 is 10.4 Å². The highest BCUT2D eigenvalue weighted by atomic mass is 19.4. The third-order valence-corrected chi connectivity index (χ3v) is 4.94. The third-order valence-electron chi connectivity index (χ3n) is 4.94. The van der Waals surface area contributed by atoms with Crippen molar-refractivity contribution in [1.29, 1.82) is 0 Å². The summed E-state index contributed by atoms with van der Waals surface area (Å²) < 4.78 is 38.1. The molecule has 0 aliphatic heterocycles. The van der Waals surface area contributed by atoms with Crippen LogP contribution in [0.15, 0.2) is 24.5 Å². The number of hydrogen-bond donors (Lipinski definition) is 2. The summed E-state index contributed by atoms with van der Waals surface area (Å²) in [6.07, 6.45) is -0.737. The number of pyridine rings is 2. The van der Waals surface area contributed by atoms with E-state index in [0.29, 0.717) is 11.2 Å². The van der Waals surface area contributed by atoms with Gasteiger partial charge in [0.05, 0.1) is 5.56 Å². The summed E-state index contributed by atoms with van der Waals surface area (Å²) in [6.45, 7) is 0. The molecule has 2 aliphatic carbocycles. The van der Waals surface area contributed by atoms with Gasteiger partial charge in [-0.2, -0.15) is 13.2 Å². The number of carbonyl (C=O) groups is 1. The van der Waals surface area contributed by atoms with E-state index in [9.17, 15) is 23.1 Å². The second-order valence-electron chi connectivity index (χ2n) is 6.84. The number of amides is 1. The van der Waals surface area contributed by atoms with Gasteiger partial charge in [0.1, 0.15) is 0 Å². The SMILES string of the molecule is O=C(NC1CC(O)(C(F)(F)F)C1)c1cnc2ncccc2c1C1CC1. The van der Waals surface area contributed by atoms with Gasteiger partial charge in [-0.1, -0.05) is 0 Å². The molecule has 2 aromatic rings. The molecule has 5 nitrogen and oxygen atoms in total. The van der Waals surface area contributed by atoms with E-state index in [1.165, 1.54) is 6.20 Å². The number of carbonyl (C=O) groups excluding carboxylic acids is 1. The molecule has 8 heteroatoms. The Labute approximate surface area is 141 Å². The molecule has 0 radical (unpaired) electrons. The number of halogens is 3. The summed E-state index contributed by atoms with van der Waals surface area (Å²) in [4.78, 5) is 20.9. The number of fused-ring (bicyclic) bond motifs is 1. The Kier molecular flexibility index (Phi) is 3.50. The van der Waals surface area contributed by atoms with E-state index < -0.39 is 36.6 Å². The van der Waals surface area contributed by atoms with Gasteiger partial charge in [0.2, 0.25) is 0 Å². The van der Waals surface area contributed by atoms with Crippen molar-refractivity contribution in [1.82, 2.24) is 15.3 Å². The second-order valence-corrected chi connectivity index (χ2v) is 6.84. The molecule has 0 unspecified atom stereocenters.